The normalized spacial score (nSPS) is 15.6. The number of nitrogens with zero attached hydrogens (tertiary/aromatic N) is 3. The van der Waals surface area contributed by atoms with Crippen molar-refractivity contribution in [3.63, 3.8) is 0 Å². The van der Waals surface area contributed by atoms with E-state index in [0.29, 0.717) is 47.5 Å². The fraction of sp³-hybridized carbons (Fsp3) is 0.361. The summed E-state index contributed by atoms with van der Waals surface area (Å²) < 4.78 is 5.63. The van der Waals surface area contributed by atoms with Crippen LogP contribution < -0.4 is 26.0 Å². The van der Waals surface area contributed by atoms with Crippen molar-refractivity contribution >= 4 is 58.2 Å². The zero-order valence-electron chi connectivity index (χ0n) is 28.2. The third-order valence-electron chi connectivity index (χ3n) is 8.53. The van der Waals surface area contributed by atoms with E-state index in [-0.39, 0.29) is 30.1 Å². The Kier molecular flexibility index (Phi) is 11.6. The lowest BCUT2D eigenvalue weighted by Crippen LogP contribution is -2.59. The summed E-state index contributed by atoms with van der Waals surface area (Å²) in [5.41, 5.74) is 3.57. The summed E-state index contributed by atoms with van der Waals surface area (Å²) in [6.45, 7) is 7.85. The highest BCUT2D eigenvalue weighted by atomic mass is 35.5. The quantitative estimate of drug-likeness (QED) is 0.172. The van der Waals surface area contributed by atoms with Crippen LogP contribution in [0.4, 0.5) is 17.2 Å². The number of hydrogen-bond acceptors (Lipinski definition) is 8. The summed E-state index contributed by atoms with van der Waals surface area (Å²) in [5, 5.41) is 12.9. The Labute approximate surface area is 287 Å². The molecule has 1 aliphatic rings. The molecule has 254 valence electrons. The molecular formula is C36H44ClN7O4. The van der Waals surface area contributed by atoms with Crippen LogP contribution >= 0.6 is 12.4 Å². The fourth-order valence-corrected chi connectivity index (χ4v) is 5.70. The lowest BCUT2D eigenvalue weighted by Gasteiger charge is -2.36. The largest absolute Gasteiger partial charge is 0.494 e. The molecular weight excluding hydrogens is 630 g/mol. The number of likely N-dealkylation sites (tertiary alicyclic amines) is 1. The van der Waals surface area contributed by atoms with Crippen molar-refractivity contribution in [1.82, 2.24) is 25.5 Å². The Balaban J connectivity index is 0.00000520. The standard InChI is InChI=1S/C36H43N7O4.ClH/c1-22(37-5)33(44)42-31(36(2,3)4)35(46)43-18-10-13-29(43)34(45)41-28-19-26-27(20-30(28)47-6)38-21-39-32(26)40-25-16-14-24(15-17-25)23-11-8-7-9-12-23;/h7-9,11-12,14-17,19-22,29,31,37H,10,13,18H2,1-6H3,(H,41,45)(H,42,44)(H,38,39,40);1H/t22-,29-,31+;/m0./s1. The molecule has 3 amide bonds. The van der Waals surface area contributed by atoms with Gasteiger partial charge in [0.05, 0.1) is 24.4 Å². The van der Waals surface area contributed by atoms with E-state index in [1.54, 1.807) is 31.0 Å². The third-order valence-corrected chi connectivity index (χ3v) is 8.53. The highest BCUT2D eigenvalue weighted by Crippen LogP contribution is 2.34. The van der Waals surface area contributed by atoms with Gasteiger partial charge in [0.25, 0.3) is 0 Å². The van der Waals surface area contributed by atoms with E-state index in [1.807, 2.05) is 63.2 Å². The van der Waals surface area contributed by atoms with Crippen molar-refractivity contribution in [3.05, 3.63) is 73.1 Å². The monoisotopic (exact) mass is 673 g/mol. The van der Waals surface area contributed by atoms with Crippen LogP contribution in [0.3, 0.4) is 0 Å². The molecule has 0 unspecified atom stereocenters. The molecule has 0 aliphatic carbocycles. The van der Waals surface area contributed by atoms with E-state index in [0.717, 1.165) is 16.8 Å². The highest BCUT2D eigenvalue weighted by Gasteiger charge is 2.42. The molecule has 3 atom stereocenters. The number of fused-ring (bicyclic) bond motifs is 1. The molecule has 0 radical (unpaired) electrons. The summed E-state index contributed by atoms with van der Waals surface area (Å²) in [5.74, 6) is 0.104. The van der Waals surface area contributed by atoms with Gasteiger partial charge in [-0.1, -0.05) is 63.2 Å². The van der Waals surface area contributed by atoms with Crippen LogP contribution in [-0.4, -0.2) is 71.4 Å². The first kappa shape index (κ1) is 36.1. The number of carbonyl (C=O) groups is 3. The zero-order chi connectivity index (χ0) is 33.7. The van der Waals surface area contributed by atoms with Crippen LogP contribution in [-0.2, 0) is 14.4 Å². The van der Waals surface area contributed by atoms with E-state index in [9.17, 15) is 14.4 Å². The van der Waals surface area contributed by atoms with Gasteiger partial charge in [0.1, 0.15) is 30.0 Å². The number of ether oxygens (including phenoxy) is 1. The van der Waals surface area contributed by atoms with Crippen LogP contribution in [0, 0.1) is 5.41 Å². The average Bonchev–Trinajstić information content (AvgIpc) is 3.57. The number of amides is 3. The molecule has 12 heteroatoms. The van der Waals surface area contributed by atoms with Gasteiger partial charge in [-0.05, 0) is 61.6 Å². The van der Waals surface area contributed by atoms with Crippen molar-refractivity contribution in [1.29, 1.82) is 0 Å². The Hall–Kier alpha value is -4.74. The van der Waals surface area contributed by atoms with Gasteiger partial charge in [-0.2, -0.15) is 0 Å². The van der Waals surface area contributed by atoms with Crippen LogP contribution in [0.1, 0.15) is 40.5 Å². The van der Waals surface area contributed by atoms with Crippen molar-refractivity contribution in [2.75, 3.05) is 31.3 Å². The second-order valence-electron chi connectivity index (χ2n) is 12.9. The first-order chi connectivity index (χ1) is 22.5. The van der Waals surface area contributed by atoms with Crippen LogP contribution in [0.2, 0.25) is 0 Å². The lowest BCUT2D eigenvalue weighted by molar-refractivity contribution is -0.143. The van der Waals surface area contributed by atoms with Crippen molar-refractivity contribution < 1.29 is 19.1 Å². The number of methoxy groups -OCH3 is 1. The molecule has 1 aromatic heterocycles. The second-order valence-corrected chi connectivity index (χ2v) is 12.9. The maximum Gasteiger partial charge on any atom is 0.247 e. The first-order valence-electron chi connectivity index (χ1n) is 15.8. The second kappa shape index (κ2) is 15.4. The zero-order valence-corrected chi connectivity index (χ0v) is 29.0. The number of halogens is 1. The Morgan fingerprint density at radius 2 is 1.67 bits per heavy atom. The van der Waals surface area contributed by atoms with Gasteiger partial charge in [-0.25, -0.2) is 9.97 Å². The van der Waals surface area contributed by atoms with Gasteiger partial charge in [-0.15, -0.1) is 12.4 Å². The molecule has 1 fully saturated rings. The van der Waals surface area contributed by atoms with Gasteiger partial charge in [0.2, 0.25) is 17.7 Å². The van der Waals surface area contributed by atoms with Crippen LogP contribution in [0.15, 0.2) is 73.1 Å². The summed E-state index contributed by atoms with van der Waals surface area (Å²) in [6.07, 6.45) is 2.64. The van der Waals surface area contributed by atoms with Crippen LogP contribution in [0.25, 0.3) is 22.0 Å². The van der Waals surface area contributed by atoms with Crippen molar-refractivity contribution in [2.24, 2.45) is 5.41 Å². The van der Waals surface area contributed by atoms with E-state index >= 15 is 0 Å². The SMILES string of the molecule is CN[C@@H](C)C(=O)N[C@H](C(=O)N1CCC[C@H]1C(=O)Nc1cc2c(Nc3ccc(-c4ccccc4)cc3)ncnc2cc1OC)C(C)(C)C.Cl. The number of likely N-dealkylation sites (N-methyl/N-ethyl adjacent to an activating group) is 1. The fourth-order valence-electron chi connectivity index (χ4n) is 5.70. The van der Waals surface area contributed by atoms with Crippen molar-refractivity contribution in [2.45, 2.75) is 58.7 Å². The maximum atomic E-state index is 13.9. The summed E-state index contributed by atoms with van der Waals surface area (Å²) in [7, 11) is 3.22. The Bertz CT molecular complexity index is 1750. The van der Waals surface area contributed by atoms with Gasteiger partial charge in [-0.3, -0.25) is 14.4 Å². The lowest BCUT2D eigenvalue weighted by atomic mass is 9.85. The predicted molar refractivity (Wildman–Crippen MR) is 192 cm³/mol. The summed E-state index contributed by atoms with van der Waals surface area (Å²) >= 11 is 0. The smallest absolute Gasteiger partial charge is 0.247 e. The van der Waals surface area contributed by atoms with E-state index in [4.69, 9.17) is 4.74 Å². The number of nitrogens with one attached hydrogen (secondary N) is 4. The molecule has 1 aliphatic heterocycles. The molecule has 5 rings (SSSR count). The summed E-state index contributed by atoms with van der Waals surface area (Å²) in [4.78, 5) is 50.9. The third kappa shape index (κ3) is 8.03. The number of carbonyl (C=O) groups excluding carboxylic acids is 3. The van der Waals surface area contributed by atoms with Gasteiger partial charge < -0.3 is 30.9 Å². The Morgan fingerprint density at radius 3 is 2.31 bits per heavy atom. The van der Waals surface area contributed by atoms with Crippen molar-refractivity contribution in [3.8, 4) is 16.9 Å². The average molecular weight is 674 g/mol. The number of aromatic nitrogens is 2. The minimum Gasteiger partial charge on any atom is -0.494 e. The van der Waals surface area contributed by atoms with Gasteiger partial charge in [0, 0.05) is 23.7 Å². The molecule has 4 N–H and O–H groups in total. The molecule has 2 heterocycles. The summed E-state index contributed by atoms with van der Waals surface area (Å²) in [6, 6.07) is 19.8. The molecule has 3 aromatic carbocycles. The number of hydrogen-bond donors (Lipinski definition) is 4. The molecule has 48 heavy (non-hydrogen) atoms. The Morgan fingerprint density at radius 1 is 0.979 bits per heavy atom. The predicted octanol–water partition coefficient (Wildman–Crippen LogP) is 5.54. The topological polar surface area (TPSA) is 138 Å². The minimum absolute atomic E-state index is 0. The highest BCUT2D eigenvalue weighted by molar-refractivity contribution is 6.03. The maximum absolute atomic E-state index is 13.9. The molecule has 0 saturated carbocycles. The van der Waals surface area contributed by atoms with E-state index in [2.05, 4.69) is 43.4 Å². The van der Waals surface area contributed by atoms with Gasteiger partial charge in [0.15, 0.2) is 0 Å². The minimum atomic E-state index is -0.804. The van der Waals surface area contributed by atoms with E-state index < -0.39 is 23.5 Å². The molecule has 1 saturated heterocycles. The van der Waals surface area contributed by atoms with Gasteiger partial charge >= 0.3 is 0 Å². The van der Waals surface area contributed by atoms with Crippen LogP contribution in [0.5, 0.6) is 5.75 Å². The van der Waals surface area contributed by atoms with E-state index in [1.165, 1.54) is 13.4 Å². The number of benzene rings is 3. The number of anilines is 3. The number of rotatable bonds is 10. The molecule has 0 spiro atoms. The molecule has 0 bridgehead atoms. The molecule has 4 aromatic rings. The first-order valence-corrected chi connectivity index (χ1v) is 15.8. The molecule has 11 nitrogen and oxygen atoms in total.